The highest BCUT2D eigenvalue weighted by Gasteiger charge is 2.22. The van der Waals surface area contributed by atoms with E-state index in [1.807, 2.05) is 24.3 Å². The lowest BCUT2D eigenvalue weighted by Gasteiger charge is -2.13. The van der Waals surface area contributed by atoms with Crippen molar-refractivity contribution in [3.63, 3.8) is 0 Å². The molecule has 160 valence electrons. The lowest BCUT2D eigenvalue weighted by atomic mass is 10.1. The van der Waals surface area contributed by atoms with Crippen molar-refractivity contribution < 1.29 is 0 Å². The molecule has 7 nitrogen and oxygen atoms in total. The lowest BCUT2D eigenvalue weighted by molar-refractivity contribution is 0.832. The Morgan fingerprint density at radius 1 is 1.16 bits per heavy atom. The number of nitrogens with zero attached hydrogens (tertiary/aromatic N) is 4. The van der Waals surface area contributed by atoms with E-state index in [0.717, 1.165) is 24.2 Å². The Kier molecular flexibility index (Phi) is 5.11. The normalized spacial score (nSPS) is 13.7. The van der Waals surface area contributed by atoms with Crippen molar-refractivity contribution in [3.05, 3.63) is 75.5 Å². The summed E-state index contributed by atoms with van der Waals surface area (Å²) < 4.78 is 1.38. The van der Waals surface area contributed by atoms with Crippen LogP contribution in [0, 0.1) is 0 Å². The second-order valence-electron chi connectivity index (χ2n) is 7.78. The second-order valence-corrected chi connectivity index (χ2v) is 8.22. The number of halogens is 1. The number of fused-ring (bicyclic) bond motifs is 1. The number of anilines is 2. The highest BCUT2D eigenvalue weighted by Crippen LogP contribution is 2.29. The minimum atomic E-state index is -0.278. The van der Waals surface area contributed by atoms with Crippen LogP contribution in [0.4, 0.5) is 11.5 Å². The number of hydrogen-bond donors (Lipinski definition) is 2. The average molecular weight is 445 g/mol. The Morgan fingerprint density at radius 3 is 2.66 bits per heavy atom. The van der Waals surface area contributed by atoms with Gasteiger partial charge in [0.15, 0.2) is 0 Å². The molecule has 1 saturated carbocycles. The third-order valence-corrected chi connectivity index (χ3v) is 5.62. The molecule has 4 aromatic rings. The molecule has 1 fully saturated rings. The van der Waals surface area contributed by atoms with Crippen LogP contribution >= 0.6 is 11.6 Å². The zero-order chi connectivity index (χ0) is 22.2. The summed E-state index contributed by atoms with van der Waals surface area (Å²) in [6.45, 7) is 0. The highest BCUT2D eigenvalue weighted by atomic mass is 35.5. The van der Waals surface area contributed by atoms with Gasteiger partial charge in [-0.05, 0) is 60.9 Å². The van der Waals surface area contributed by atoms with Gasteiger partial charge in [0.1, 0.15) is 16.9 Å². The van der Waals surface area contributed by atoms with Crippen LogP contribution in [0.1, 0.15) is 18.4 Å². The Balaban J connectivity index is 1.76. The number of nitrogen functional groups attached to an aromatic ring is 1. The highest BCUT2D eigenvalue weighted by molar-refractivity contribution is 6.30. The number of hydrogen-bond acceptors (Lipinski definition) is 6. The zero-order valence-corrected chi connectivity index (χ0v) is 18.2. The Bertz CT molecular complexity index is 1410. The largest absolute Gasteiger partial charge is 0.398 e. The van der Waals surface area contributed by atoms with Crippen molar-refractivity contribution in [3.8, 4) is 16.8 Å². The van der Waals surface area contributed by atoms with Gasteiger partial charge < -0.3 is 11.1 Å². The minimum absolute atomic E-state index is 0.278. The quantitative estimate of drug-likeness (QED) is 0.353. The molecule has 1 aliphatic rings. The molecule has 3 N–H and O–H groups in total. The summed E-state index contributed by atoms with van der Waals surface area (Å²) in [7, 11) is 1.67. The fraction of sp³-hybridized carbons (Fsp3) is 0.167. The first kappa shape index (κ1) is 20.2. The molecule has 2 heterocycles. The van der Waals surface area contributed by atoms with Crippen molar-refractivity contribution in [1.82, 2.24) is 14.8 Å². The van der Waals surface area contributed by atoms with Gasteiger partial charge in [0.05, 0.1) is 11.3 Å². The van der Waals surface area contributed by atoms with E-state index in [4.69, 9.17) is 22.3 Å². The molecule has 2 aromatic heterocycles. The van der Waals surface area contributed by atoms with Crippen LogP contribution in [0.2, 0.25) is 5.02 Å². The molecule has 5 rings (SSSR count). The fourth-order valence-electron chi connectivity index (χ4n) is 3.59. The van der Waals surface area contributed by atoms with E-state index in [9.17, 15) is 4.79 Å². The number of rotatable bonds is 5. The summed E-state index contributed by atoms with van der Waals surface area (Å²) in [5.74, 6) is 0.739. The van der Waals surface area contributed by atoms with Crippen molar-refractivity contribution in [2.45, 2.75) is 18.9 Å². The second kappa shape index (κ2) is 8.09. The van der Waals surface area contributed by atoms with Crippen LogP contribution < -0.4 is 16.6 Å². The summed E-state index contributed by atoms with van der Waals surface area (Å²) in [4.78, 5) is 22.5. The first-order chi connectivity index (χ1) is 15.5. The Hall–Kier alpha value is -3.71. The van der Waals surface area contributed by atoms with Crippen molar-refractivity contribution in [2.75, 3.05) is 18.1 Å². The van der Waals surface area contributed by atoms with Crippen molar-refractivity contribution >= 4 is 40.4 Å². The summed E-state index contributed by atoms with van der Waals surface area (Å²) in [5.41, 5.74) is 10.0. The van der Waals surface area contributed by atoms with Gasteiger partial charge in [-0.3, -0.25) is 9.79 Å². The molecule has 0 atom stereocenters. The zero-order valence-electron chi connectivity index (χ0n) is 17.4. The van der Waals surface area contributed by atoms with E-state index in [0.29, 0.717) is 44.6 Å². The minimum Gasteiger partial charge on any atom is -0.398 e. The number of benzene rings is 2. The van der Waals surface area contributed by atoms with Gasteiger partial charge in [0.25, 0.3) is 5.56 Å². The van der Waals surface area contributed by atoms with Gasteiger partial charge in [0.2, 0.25) is 0 Å². The van der Waals surface area contributed by atoms with Crippen LogP contribution in [0.3, 0.4) is 0 Å². The lowest BCUT2D eigenvalue weighted by Crippen LogP contribution is -2.24. The summed E-state index contributed by atoms with van der Waals surface area (Å²) in [6, 6.07) is 16.7. The van der Waals surface area contributed by atoms with Gasteiger partial charge >= 0.3 is 0 Å². The maximum atomic E-state index is 13.7. The number of pyridine rings is 1. The predicted molar refractivity (Wildman–Crippen MR) is 130 cm³/mol. The molecule has 0 unspecified atom stereocenters. The molecular weight excluding hydrogens is 424 g/mol. The average Bonchev–Trinajstić information content (AvgIpc) is 3.60. The van der Waals surface area contributed by atoms with Crippen molar-refractivity contribution in [2.24, 2.45) is 4.99 Å². The SMILES string of the molecule is CN=Cc1cc(-n2nc3ccc(NC4CC4)nc3c(-c3ccc(Cl)cc3)c2=O)ccc1N. The Morgan fingerprint density at radius 2 is 1.94 bits per heavy atom. The third kappa shape index (κ3) is 3.83. The maximum absolute atomic E-state index is 13.7. The molecule has 0 bridgehead atoms. The number of nitrogens with one attached hydrogen (secondary N) is 1. The molecular formula is C24H21ClN6O. The fourth-order valence-corrected chi connectivity index (χ4v) is 3.72. The van der Waals surface area contributed by atoms with E-state index >= 15 is 0 Å². The maximum Gasteiger partial charge on any atom is 0.281 e. The van der Waals surface area contributed by atoms with Gasteiger partial charge in [-0.15, -0.1) is 0 Å². The predicted octanol–water partition coefficient (Wildman–Crippen LogP) is 4.31. The van der Waals surface area contributed by atoms with Crippen LogP contribution in [0.5, 0.6) is 0 Å². The Labute approximate surface area is 189 Å². The van der Waals surface area contributed by atoms with Crippen LogP contribution in [0.25, 0.3) is 27.8 Å². The topological polar surface area (TPSA) is 98.2 Å². The van der Waals surface area contributed by atoms with Crippen LogP contribution in [-0.4, -0.2) is 34.1 Å². The standard InChI is InChI=1S/C24H21ClN6O/c1-27-13-15-12-18(8-9-19(15)26)31-24(32)22(14-2-4-16(25)5-3-14)23-20(30-31)10-11-21(29-23)28-17-6-7-17/h2-5,8-13,17H,6-7,26H2,1H3,(H,28,29). The molecule has 2 aromatic carbocycles. The summed E-state index contributed by atoms with van der Waals surface area (Å²) in [5, 5.41) is 8.61. The number of aromatic nitrogens is 3. The van der Waals surface area contributed by atoms with Crippen LogP contribution in [0.15, 0.2) is 64.4 Å². The number of nitrogens with two attached hydrogens (primary N) is 1. The van der Waals surface area contributed by atoms with E-state index in [1.54, 1.807) is 43.6 Å². The van der Waals surface area contributed by atoms with E-state index < -0.39 is 0 Å². The molecule has 32 heavy (non-hydrogen) atoms. The summed E-state index contributed by atoms with van der Waals surface area (Å²) >= 11 is 6.09. The van der Waals surface area contributed by atoms with E-state index in [1.165, 1.54) is 4.68 Å². The first-order valence-electron chi connectivity index (χ1n) is 10.3. The third-order valence-electron chi connectivity index (χ3n) is 5.37. The molecule has 0 spiro atoms. The number of aliphatic imine (C=N–C) groups is 1. The molecule has 1 aliphatic carbocycles. The van der Waals surface area contributed by atoms with Gasteiger partial charge in [-0.2, -0.15) is 9.78 Å². The van der Waals surface area contributed by atoms with E-state index in [-0.39, 0.29) is 5.56 Å². The van der Waals surface area contributed by atoms with Crippen LogP contribution in [-0.2, 0) is 0 Å². The smallest absolute Gasteiger partial charge is 0.281 e. The van der Waals surface area contributed by atoms with Gasteiger partial charge in [-0.1, -0.05) is 23.7 Å². The molecule has 8 heteroatoms. The van der Waals surface area contributed by atoms with E-state index in [2.05, 4.69) is 15.4 Å². The first-order valence-corrected chi connectivity index (χ1v) is 10.7. The van der Waals surface area contributed by atoms with Gasteiger partial charge in [-0.25, -0.2) is 4.98 Å². The molecule has 0 radical (unpaired) electrons. The molecule has 0 saturated heterocycles. The molecule has 0 aliphatic heterocycles. The van der Waals surface area contributed by atoms with Gasteiger partial charge in [0, 0.05) is 35.6 Å². The van der Waals surface area contributed by atoms with Crippen molar-refractivity contribution in [1.29, 1.82) is 0 Å². The monoisotopic (exact) mass is 444 g/mol. The molecule has 0 amide bonds. The summed E-state index contributed by atoms with van der Waals surface area (Å²) in [6.07, 6.45) is 3.91.